The minimum atomic E-state index is -3.15. The first-order chi connectivity index (χ1) is 14.7. The van der Waals surface area contributed by atoms with Gasteiger partial charge >= 0.3 is 0 Å². The number of nitrogens with one attached hydrogen (secondary N) is 2. The third-order valence-corrected chi connectivity index (χ3v) is 8.11. The Balaban J connectivity index is 1.50. The fourth-order valence-electron chi connectivity index (χ4n) is 4.27. The normalized spacial score (nSPS) is 18.5. The second-order valence-corrected chi connectivity index (χ2v) is 11.2. The number of hydrogen-bond donors (Lipinski definition) is 2. The van der Waals surface area contributed by atoms with Crippen LogP contribution >= 0.6 is 0 Å². The van der Waals surface area contributed by atoms with Crippen molar-refractivity contribution in [2.75, 3.05) is 23.3 Å². The van der Waals surface area contributed by atoms with Gasteiger partial charge in [0.1, 0.15) is 0 Å². The van der Waals surface area contributed by atoms with Gasteiger partial charge in [0.05, 0.1) is 17.3 Å². The van der Waals surface area contributed by atoms with Crippen LogP contribution in [0.25, 0.3) is 0 Å². The fraction of sp³-hybridized carbons (Fsp3) is 0.520. The molecule has 2 aromatic rings. The van der Waals surface area contributed by atoms with Crippen LogP contribution in [0.4, 0.5) is 11.4 Å². The lowest BCUT2D eigenvalue weighted by Gasteiger charge is -2.29. The smallest absolute Gasteiger partial charge is 0.213 e. The fourth-order valence-corrected chi connectivity index (χ4v) is 5.03. The number of unbranched alkanes of at least 4 members (excludes halogenated alkanes) is 2. The molecule has 5 nitrogen and oxygen atoms in total. The molecular weight excluding hydrogens is 406 g/mol. The predicted octanol–water partition coefficient (Wildman–Crippen LogP) is 5.55. The molecule has 1 aliphatic rings. The van der Waals surface area contributed by atoms with Crippen molar-refractivity contribution < 1.29 is 8.42 Å². The van der Waals surface area contributed by atoms with E-state index in [0.717, 1.165) is 31.5 Å². The van der Waals surface area contributed by atoms with Gasteiger partial charge in [0.15, 0.2) is 0 Å². The Morgan fingerprint density at radius 1 is 0.903 bits per heavy atom. The van der Waals surface area contributed by atoms with Crippen LogP contribution in [-0.4, -0.2) is 26.8 Å². The topological polar surface area (TPSA) is 61.4 Å². The Hall–Kier alpha value is -2.05. The summed E-state index contributed by atoms with van der Waals surface area (Å²) in [6.45, 7) is 11.5. The maximum absolute atomic E-state index is 11.7. The van der Waals surface area contributed by atoms with Gasteiger partial charge in [0, 0.05) is 24.5 Å². The average Bonchev–Trinajstić information content (AvgIpc) is 2.98. The van der Waals surface area contributed by atoms with E-state index in [-0.39, 0.29) is 5.25 Å². The summed E-state index contributed by atoms with van der Waals surface area (Å²) in [4.78, 5) is 2.49. The van der Waals surface area contributed by atoms with Crippen molar-refractivity contribution in [1.29, 1.82) is 0 Å². The van der Waals surface area contributed by atoms with Crippen LogP contribution in [0.3, 0.4) is 0 Å². The molecule has 31 heavy (non-hydrogen) atoms. The summed E-state index contributed by atoms with van der Waals surface area (Å²) in [7, 11) is -3.15. The molecule has 0 saturated carbocycles. The summed E-state index contributed by atoms with van der Waals surface area (Å²) in [6.07, 6.45) is 2.87. The number of hydrogen-bond acceptors (Lipinski definition) is 4. The molecule has 0 amide bonds. The molecule has 1 aliphatic heterocycles. The predicted molar refractivity (Wildman–Crippen MR) is 131 cm³/mol. The van der Waals surface area contributed by atoms with E-state index in [2.05, 4.69) is 78.2 Å². The van der Waals surface area contributed by atoms with Crippen molar-refractivity contribution in [3.63, 3.8) is 0 Å². The largest absolute Gasteiger partial charge is 0.385 e. The van der Waals surface area contributed by atoms with Gasteiger partial charge in [-0.2, -0.15) is 0 Å². The molecule has 2 aromatic carbocycles. The number of sulfonamides is 1. The molecule has 0 bridgehead atoms. The van der Waals surface area contributed by atoms with Crippen LogP contribution in [0.2, 0.25) is 0 Å². The highest BCUT2D eigenvalue weighted by Gasteiger charge is 2.33. The van der Waals surface area contributed by atoms with Crippen LogP contribution in [0, 0.1) is 6.92 Å². The first kappa shape index (κ1) is 23.6. The van der Waals surface area contributed by atoms with E-state index < -0.39 is 10.0 Å². The van der Waals surface area contributed by atoms with E-state index in [1.807, 2.05) is 0 Å². The monoisotopic (exact) mass is 443 g/mol. The van der Waals surface area contributed by atoms with Crippen LogP contribution in [-0.2, 0) is 10.0 Å². The molecule has 1 heterocycles. The van der Waals surface area contributed by atoms with Gasteiger partial charge in [-0.05, 0) is 82.9 Å². The van der Waals surface area contributed by atoms with Crippen molar-refractivity contribution in [3.8, 4) is 0 Å². The third kappa shape index (κ3) is 5.60. The first-order valence-corrected chi connectivity index (χ1v) is 13.0. The summed E-state index contributed by atoms with van der Waals surface area (Å²) in [5, 5.41) is 3.17. The van der Waals surface area contributed by atoms with Crippen molar-refractivity contribution in [2.24, 2.45) is 0 Å². The van der Waals surface area contributed by atoms with Crippen LogP contribution in [0.15, 0.2) is 42.5 Å². The molecule has 2 unspecified atom stereocenters. The summed E-state index contributed by atoms with van der Waals surface area (Å²) in [6, 6.07) is 16.2. The number of aryl methyl sites for hydroxylation is 1. The Bertz CT molecular complexity index is 971. The molecule has 0 aliphatic carbocycles. The highest BCUT2D eigenvalue weighted by atomic mass is 32.2. The molecule has 0 radical (unpaired) electrons. The van der Waals surface area contributed by atoms with Gasteiger partial charge in [-0.1, -0.05) is 30.2 Å². The lowest BCUT2D eigenvalue weighted by atomic mass is 10.0. The van der Waals surface area contributed by atoms with E-state index >= 15 is 0 Å². The first-order valence-electron chi connectivity index (χ1n) is 11.4. The van der Waals surface area contributed by atoms with Gasteiger partial charge in [-0.3, -0.25) is 0 Å². The molecule has 3 rings (SSSR count). The van der Waals surface area contributed by atoms with E-state index in [0.29, 0.717) is 18.6 Å². The Morgan fingerprint density at radius 2 is 1.55 bits per heavy atom. The lowest BCUT2D eigenvalue weighted by Crippen LogP contribution is -2.31. The van der Waals surface area contributed by atoms with Crippen molar-refractivity contribution in [2.45, 2.75) is 71.2 Å². The number of rotatable bonds is 10. The summed E-state index contributed by atoms with van der Waals surface area (Å²) in [5.41, 5.74) is 6.50. The standard InChI is InChI=1S/C25H37N3O2S/c1-18(2)31(29,30)27-16-8-6-7-15-26-22-11-14-24-20(4)28(21(5)25(24)17-22)23-12-9-19(3)10-13-23/h9-14,17-18,20-21,26-27H,6-8,15-16H2,1-5H3. The molecule has 2 N–H and O–H groups in total. The SMILES string of the molecule is Cc1ccc(N2C(C)c3ccc(NCCCCCNS(=O)(=O)C(C)C)cc3C2C)cc1. The summed E-state index contributed by atoms with van der Waals surface area (Å²) in [5.74, 6) is 0. The van der Waals surface area contributed by atoms with Crippen molar-refractivity contribution >= 4 is 21.4 Å². The van der Waals surface area contributed by atoms with Gasteiger partial charge in [-0.25, -0.2) is 13.1 Å². The zero-order valence-electron chi connectivity index (χ0n) is 19.5. The van der Waals surface area contributed by atoms with E-state index in [1.54, 1.807) is 13.8 Å². The third-order valence-electron chi connectivity index (χ3n) is 6.26. The Labute approximate surface area is 188 Å². The van der Waals surface area contributed by atoms with Gasteiger partial charge in [0.25, 0.3) is 0 Å². The number of benzene rings is 2. The minimum Gasteiger partial charge on any atom is -0.385 e. The highest BCUT2D eigenvalue weighted by molar-refractivity contribution is 7.90. The molecule has 0 fully saturated rings. The molecule has 2 atom stereocenters. The number of anilines is 2. The van der Waals surface area contributed by atoms with Crippen molar-refractivity contribution in [1.82, 2.24) is 4.72 Å². The highest BCUT2D eigenvalue weighted by Crippen LogP contribution is 2.45. The van der Waals surface area contributed by atoms with Crippen LogP contribution in [0.5, 0.6) is 0 Å². The lowest BCUT2D eigenvalue weighted by molar-refractivity contribution is 0.566. The van der Waals surface area contributed by atoms with Gasteiger partial charge in [-0.15, -0.1) is 0 Å². The Morgan fingerprint density at radius 3 is 2.23 bits per heavy atom. The second kappa shape index (κ2) is 10.0. The minimum absolute atomic E-state index is 0.337. The van der Waals surface area contributed by atoms with Gasteiger partial charge < -0.3 is 10.2 Å². The Kier molecular flexibility index (Phi) is 7.65. The van der Waals surface area contributed by atoms with Crippen molar-refractivity contribution in [3.05, 3.63) is 59.2 Å². The second-order valence-electron chi connectivity index (χ2n) is 8.91. The van der Waals surface area contributed by atoms with Gasteiger partial charge in [0.2, 0.25) is 10.0 Å². The zero-order chi connectivity index (χ0) is 22.6. The van der Waals surface area contributed by atoms with E-state index in [9.17, 15) is 8.42 Å². The zero-order valence-corrected chi connectivity index (χ0v) is 20.3. The maximum atomic E-state index is 11.7. The maximum Gasteiger partial charge on any atom is 0.213 e. The molecule has 0 saturated heterocycles. The van der Waals surface area contributed by atoms with Crippen LogP contribution in [0.1, 0.15) is 75.7 Å². The molecular formula is C25H37N3O2S. The quantitative estimate of drug-likeness (QED) is 0.473. The van der Waals surface area contributed by atoms with E-state index in [4.69, 9.17) is 0 Å². The number of fused-ring (bicyclic) bond motifs is 1. The summed E-state index contributed by atoms with van der Waals surface area (Å²) >= 11 is 0. The molecule has 6 heteroatoms. The number of nitrogens with zero attached hydrogens (tertiary/aromatic N) is 1. The average molecular weight is 444 g/mol. The molecule has 0 spiro atoms. The molecule has 0 aromatic heterocycles. The van der Waals surface area contributed by atoms with Crippen LogP contribution < -0.4 is 14.9 Å². The van der Waals surface area contributed by atoms with E-state index in [1.165, 1.54) is 22.4 Å². The summed E-state index contributed by atoms with van der Waals surface area (Å²) < 4.78 is 26.2. The molecule has 170 valence electrons.